The van der Waals surface area contributed by atoms with Crippen LogP contribution >= 0.6 is 0 Å². The van der Waals surface area contributed by atoms with Crippen molar-refractivity contribution in [3.05, 3.63) is 176 Å². The lowest BCUT2D eigenvalue weighted by Gasteiger charge is -2.16. The lowest BCUT2D eigenvalue weighted by molar-refractivity contribution is 0.669. The summed E-state index contributed by atoms with van der Waals surface area (Å²) < 4.78 is 8.66. The van der Waals surface area contributed by atoms with E-state index in [2.05, 4.69) is 162 Å². The Labute approximate surface area is 298 Å². The molecular formula is C48H29N3O. The van der Waals surface area contributed by atoms with Gasteiger partial charge in [-0.3, -0.25) is 4.57 Å². The third-order valence-electron chi connectivity index (χ3n) is 10.4. The average molecular weight is 664 g/mol. The average Bonchev–Trinajstić information content (AvgIpc) is 3.74. The highest BCUT2D eigenvalue weighted by atomic mass is 16.3. The van der Waals surface area contributed by atoms with E-state index >= 15 is 0 Å². The van der Waals surface area contributed by atoms with Crippen molar-refractivity contribution in [1.29, 1.82) is 0 Å². The first-order chi connectivity index (χ1) is 25.8. The Morgan fingerprint density at radius 3 is 1.81 bits per heavy atom. The molecule has 3 heterocycles. The summed E-state index contributed by atoms with van der Waals surface area (Å²) in [5, 5.41) is 7.00. The van der Waals surface area contributed by atoms with Gasteiger partial charge in [0.05, 0.1) is 22.1 Å². The first-order valence-electron chi connectivity index (χ1n) is 17.6. The molecule has 0 bridgehead atoms. The molecule has 11 rings (SSSR count). The van der Waals surface area contributed by atoms with E-state index in [4.69, 9.17) is 14.4 Å². The van der Waals surface area contributed by atoms with E-state index in [1.54, 1.807) is 0 Å². The number of hydrogen-bond acceptors (Lipinski definition) is 3. The monoisotopic (exact) mass is 663 g/mol. The van der Waals surface area contributed by atoms with Crippen LogP contribution in [0.1, 0.15) is 0 Å². The Hall–Kier alpha value is -7.04. The maximum absolute atomic E-state index is 6.36. The maximum Gasteiger partial charge on any atom is 0.165 e. The predicted molar refractivity (Wildman–Crippen MR) is 215 cm³/mol. The van der Waals surface area contributed by atoms with E-state index in [9.17, 15) is 0 Å². The molecule has 0 spiro atoms. The summed E-state index contributed by atoms with van der Waals surface area (Å²) in [4.78, 5) is 11.0. The van der Waals surface area contributed by atoms with Crippen molar-refractivity contribution >= 4 is 65.6 Å². The number of para-hydroxylation sites is 2. The lowest BCUT2D eigenvalue weighted by Crippen LogP contribution is -2.04. The highest BCUT2D eigenvalue weighted by Gasteiger charge is 2.21. The Balaban J connectivity index is 1.23. The smallest absolute Gasteiger partial charge is 0.165 e. The van der Waals surface area contributed by atoms with Gasteiger partial charge >= 0.3 is 0 Å². The summed E-state index contributed by atoms with van der Waals surface area (Å²) in [7, 11) is 0. The Bertz CT molecular complexity index is 3180. The molecule has 0 aliphatic heterocycles. The summed E-state index contributed by atoms with van der Waals surface area (Å²) in [5.41, 5.74) is 11.8. The number of aromatic nitrogens is 3. The van der Waals surface area contributed by atoms with Gasteiger partial charge in [0.15, 0.2) is 5.82 Å². The van der Waals surface area contributed by atoms with E-state index in [0.29, 0.717) is 0 Å². The number of rotatable bonds is 4. The van der Waals surface area contributed by atoms with Crippen LogP contribution in [0.4, 0.5) is 0 Å². The number of benzene rings is 8. The highest BCUT2D eigenvalue weighted by Crippen LogP contribution is 2.41. The van der Waals surface area contributed by atoms with E-state index in [1.165, 1.54) is 21.5 Å². The van der Waals surface area contributed by atoms with Crippen molar-refractivity contribution in [2.45, 2.75) is 0 Å². The molecule has 8 aromatic carbocycles. The maximum atomic E-state index is 6.36. The molecule has 0 fully saturated rings. The molecule has 0 atom stereocenters. The van der Waals surface area contributed by atoms with Crippen molar-refractivity contribution in [3.63, 3.8) is 0 Å². The third-order valence-corrected chi connectivity index (χ3v) is 10.4. The van der Waals surface area contributed by atoms with Gasteiger partial charge in [-0.25, -0.2) is 9.97 Å². The van der Waals surface area contributed by atoms with Crippen molar-refractivity contribution < 1.29 is 4.42 Å². The second-order valence-corrected chi connectivity index (χ2v) is 13.4. The number of nitrogens with zero attached hydrogens (tertiary/aromatic N) is 3. The van der Waals surface area contributed by atoms with Crippen LogP contribution in [-0.2, 0) is 0 Å². The number of furan rings is 1. The largest absolute Gasteiger partial charge is 0.456 e. The zero-order valence-electron chi connectivity index (χ0n) is 28.0. The Kier molecular flexibility index (Phi) is 6.22. The van der Waals surface area contributed by atoms with Gasteiger partial charge in [0.25, 0.3) is 0 Å². The third kappa shape index (κ3) is 4.41. The fourth-order valence-electron chi connectivity index (χ4n) is 7.91. The van der Waals surface area contributed by atoms with Crippen molar-refractivity contribution in [1.82, 2.24) is 14.5 Å². The van der Waals surface area contributed by atoms with Gasteiger partial charge in [0, 0.05) is 27.1 Å². The molecule has 242 valence electrons. The highest BCUT2D eigenvalue weighted by molar-refractivity contribution is 6.14. The van der Waals surface area contributed by atoms with Crippen LogP contribution < -0.4 is 0 Å². The molecule has 52 heavy (non-hydrogen) atoms. The minimum atomic E-state index is 0.798. The zero-order valence-corrected chi connectivity index (χ0v) is 28.0. The van der Waals surface area contributed by atoms with Crippen LogP contribution in [0, 0.1) is 0 Å². The second kappa shape index (κ2) is 11.2. The molecule has 0 unspecified atom stereocenters. The van der Waals surface area contributed by atoms with Gasteiger partial charge in [-0.2, -0.15) is 0 Å². The molecule has 0 aliphatic rings. The van der Waals surface area contributed by atoms with Crippen molar-refractivity contribution in [2.24, 2.45) is 0 Å². The Morgan fingerprint density at radius 2 is 1.00 bits per heavy atom. The zero-order chi connectivity index (χ0) is 34.2. The standard InChI is InChI=1S/C48H29N3O/c1-3-13-30(14-4-1)38-28-41-42(29-39(38)34-23-24-37-36-20-10-12-22-45(36)52-46(37)27-34)50-48(47(49-41)31-15-5-2-6-16-31)51-43-21-11-9-19-35(43)40-25-32-17-7-8-18-33(32)26-44(40)51/h1-29H. The fraction of sp³-hybridized carbons (Fsp3) is 0. The van der Waals surface area contributed by atoms with Crippen LogP contribution in [0.2, 0.25) is 0 Å². The predicted octanol–water partition coefficient (Wildman–Crippen LogP) is 12.8. The molecule has 4 nitrogen and oxygen atoms in total. The quantitative estimate of drug-likeness (QED) is 0.188. The first kappa shape index (κ1) is 28.8. The van der Waals surface area contributed by atoms with E-state index < -0.39 is 0 Å². The second-order valence-electron chi connectivity index (χ2n) is 13.4. The molecule has 0 N–H and O–H groups in total. The normalized spacial score (nSPS) is 11.8. The summed E-state index contributed by atoms with van der Waals surface area (Å²) in [6, 6.07) is 61.9. The van der Waals surface area contributed by atoms with Gasteiger partial charge in [0.1, 0.15) is 16.9 Å². The van der Waals surface area contributed by atoms with Crippen molar-refractivity contribution in [2.75, 3.05) is 0 Å². The van der Waals surface area contributed by atoms with E-state index in [-0.39, 0.29) is 0 Å². The van der Waals surface area contributed by atoms with Gasteiger partial charge in [-0.05, 0) is 81.6 Å². The number of hydrogen-bond donors (Lipinski definition) is 0. The first-order valence-corrected chi connectivity index (χ1v) is 17.6. The molecule has 11 aromatic rings. The van der Waals surface area contributed by atoms with Crippen LogP contribution in [0.25, 0.3) is 105 Å². The summed E-state index contributed by atoms with van der Waals surface area (Å²) in [6.45, 7) is 0. The van der Waals surface area contributed by atoms with E-state index in [1.807, 2.05) is 18.2 Å². The molecule has 0 aliphatic carbocycles. The molecular weight excluding hydrogens is 635 g/mol. The van der Waals surface area contributed by atoms with Crippen LogP contribution in [0.3, 0.4) is 0 Å². The van der Waals surface area contributed by atoms with E-state index in [0.717, 1.165) is 83.3 Å². The fourth-order valence-corrected chi connectivity index (χ4v) is 7.91. The lowest BCUT2D eigenvalue weighted by atomic mass is 9.93. The number of fused-ring (bicyclic) bond motifs is 8. The Morgan fingerprint density at radius 1 is 0.385 bits per heavy atom. The van der Waals surface area contributed by atoms with Crippen LogP contribution in [-0.4, -0.2) is 14.5 Å². The van der Waals surface area contributed by atoms with Gasteiger partial charge < -0.3 is 4.42 Å². The van der Waals surface area contributed by atoms with Crippen LogP contribution in [0.5, 0.6) is 0 Å². The van der Waals surface area contributed by atoms with Crippen molar-refractivity contribution in [3.8, 4) is 39.3 Å². The molecule has 0 saturated heterocycles. The summed E-state index contributed by atoms with van der Waals surface area (Å²) in [6.07, 6.45) is 0. The van der Waals surface area contributed by atoms with Gasteiger partial charge in [-0.15, -0.1) is 0 Å². The topological polar surface area (TPSA) is 43.9 Å². The van der Waals surface area contributed by atoms with Gasteiger partial charge in [-0.1, -0.05) is 127 Å². The molecule has 3 aromatic heterocycles. The molecule has 0 radical (unpaired) electrons. The minimum Gasteiger partial charge on any atom is -0.456 e. The molecule has 0 amide bonds. The SMILES string of the molecule is c1ccc(-c2cc3nc(-c4ccccc4)c(-n4c5ccccc5c5cc6ccccc6cc54)nc3cc2-c2ccc3c(c2)oc2ccccc23)cc1. The minimum absolute atomic E-state index is 0.798. The summed E-state index contributed by atoms with van der Waals surface area (Å²) >= 11 is 0. The summed E-state index contributed by atoms with van der Waals surface area (Å²) in [5.74, 6) is 0.798. The molecule has 4 heteroatoms. The van der Waals surface area contributed by atoms with Gasteiger partial charge in [0.2, 0.25) is 0 Å². The molecule has 0 saturated carbocycles. The van der Waals surface area contributed by atoms with Crippen LogP contribution in [0.15, 0.2) is 180 Å².